The largest absolute Gasteiger partial charge is 0.573 e. The number of nitrogens with zero attached hydrogens (tertiary/aromatic N) is 4. The number of nitrogens with one attached hydrogen (secondary N) is 1. The summed E-state index contributed by atoms with van der Waals surface area (Å²) in [6.07, 6.45) is -3.53. The fraction of sp³-hybridized carbons (Fsp3) is 0.333. The smallest absolute Gasteiger partial charge is 0.406 e. The standard InChI is InChI=1S/C27H25Cl2F3N6O6S/c1-26(12-15-4-6-19(7-5-15)44-27(30,31)32)24(41)37(18-10-16(28)9-17(29)11-18)25-35-14-22(38(25)26)45(42,43)36-8-2-3-20(36)23(40)34-13-21(33)39/h4-7,9-11,14,20H,2-3,8,12-13H2,1H3,(H2,33,39)(H,34,40). The van der Waals surface area contributed by atoms with Gasteiger partial charge in [-0.2, -0.15) is 4.31 Å². The zero-order valence-electron chi connectivity index (χ0n) is 23.3. The Hall–Kier alpha value is -3.86. The van der Waals surface area contributed by atoms with Gasteiger partial charge in [0, 0.05) is 23.0 Å². The van der Waals surface area contributed by atoms with E-state index in [2.05, 4.69) is 15.0 Å². The lowest BCUT2D eigenvalue weighted by Crippen LogP contribution is -2.48. The average molecular weight is 689 g/mol. The molecule has 3 heterocycles. The molecule has 1 saturated heterocycles. The van der Waals surface area contributed by atoms with Gasteiger partial charge in [-0.15, -0.1) is 13.2 Å². The van der Waals surface area contributed by atoms with E-state index in [-0.39, 0.29) is 41.1 Å². The van der Waals surface area contributed by atoms with Gasteiger partial charge in [0.1, 0.15) is 17.3 Å². The summed E-state index contributed by atoms with van der Waals surface area (Å²) in [5.41, 5.74) is 3.98. The predicted molar refractivity (Wildman–Crippen MR) is 155 cm³/mol. The highest BCUT2D eigenvalue weighted by molar-refractivity contribution is 7.89. The number of rotatable bonds is 9. The molecule has 18 heteroatoms. The van der Waals surface area contributed by atoms with Crippen LogP contribution in [0.3, 0.4) is 0 Å². The van der Waals surface area contributed by atoms with Crippen molar-refractivity contribution in [2.75, 3.05) is 18.0 Å². The molecule has 0 aliphatic carbocycles. The molecule has 240 valence electrons. The molecule has 2 aliphatic heterocycles. The number of carbonyl (C=O) groups is 3. The Bertz CT molecular complexity index is 1770. The molecule has 0 spiro atoms. The summed E-state index contributed by atoms with van der Waals surface area (Å²) >= 11 is 12.4. The van der Waals surface area contributed by atoms with Crippen LogP contribution >= 0.6 is 23.2 Å². The molecule has 2 aromatic carbocycles. The predicted octanol–water partition coefficient (Wildman–Crippen LogP) is 3.48. The number of anilines is 2. The van der Waals surface area contributed by atoms with E-state index in [0.717, 1.165) is 27.5 Å². The maximum atomic E-state index is 14.2. The van der Waals surface area contributed by atoms with Crippen molar-refractivity contribution < 1.29 is 40.7 Å². The van der Waals surface area contributed by atoms with E-state index in [4.69, 9.17) is 28.9 Å². The number of sulfonamides is 1. The number of primary amides is 1. The number of amides is 3. The zero-order valence-corrected chi connectivity index (χ0v) is 25.7. The van der Waals surface area contributed by atoms with Crippen LogP contribution in [0.5, 0.6) is 5.75 Å². The average Bonchev–Trinajstić information content (AvgIpc) is 3.64. The molecule has 3 N–H and O–H groups in total. The Morgan fingerprint density at radius 1 is 1.16 bits per heavy atom. The summed E-state index contributed by atoms with van der Waals surface area (Å²) in [7, 11) is -4.51. The van der Waals surface area contributed by atoms with E-state index in [1.54, 1.807) is 0 Å². The summed E-state index contributed by atoms with van der Waals surface area (Å²) in [5, 5.41) is 2.29. The summed E-state index contributed by atoms with van der Waals surface area (Å²) in [5.74, 6) is -2.73. The number of hydrogen-bond donors (Lipinski definition) is 2. The van der Waals surface area contributed by atoms with E-state index >= 15 is 0 Å². The first-order valence-corrected chi connectivity index (χ1v) is 15.5. The van der Waals surface area contributed by atoms with Gasteiger partial charge in [-0.05, 0) is 55.7 Å². The number of ether oxygens (including phenoxy) is 1. The van der Waals surface area contributed by atoms with E-state index in [1.807, 2.05) is 0 Å². The van der Waals surface area contributed by atoms with Gasteiger partial charge in [0.15, 0.2) is 5.03 Å². The fourth-order valence-electron chi connectivity index (χ4n) is 5.52. The summed E-state index contributed by atoms with van der Waals surface area (Å²) in [6, 6.07) is 7.95. The van der Waals surface area contributed by atoms with Crippen molar-refractivity contribution in [3.63, 3.8) is 0 Å². The van der Waals surface area contributed by atoms with Gasteiger partial charge >= 0.3 is 6.36 Å². The molecule has 45 heavy (non-hydrogen) atoms. The van der Waals surface area contributed by atoms with Crippen LogP contribution in [-0.4, -0.2) is 65.5 Å². The van der Waals surface area contributed by atoms with Crippen molar-refractivity contribution in [2.45, 2.75) is 49.2 Å². The monoisotopic (exact) mass is 688 g/mol. The number of benzene rings is 2. The summed E-state index contributed by atoms with van der Waals surface area (Å²) in [6.45, 7) is 0.950. The van der Waals surface area contributed by atoms with Crippen LogP contribution in [0, 0.1) is 0 Å². The van der Waals surface area contributed by atoms with E-state index in [1.165, 1.54) is 41.8 Å². The Kier molecular flexibility index (Phi) is 8.54. The minimum Gasteiger partial charge on any atom is -0.406 e. The van der Waals surface area contributed by atoms with Gasteiger partial charge in [0.25, 0.3) is 15.9 Å². The van der Waals surface area contributed by atoms with Crippen molar-refractivity contribution in [3.8, 4) is 5.75 Å². The molecule has 0 bridgehead atoms. The van der Waals surface area contributed by atoms with Crippen LogP contribution < -0.4 is 20.7 Å². The van der Waals surface area contributed by atoms with E-state index in [9.17, 15) is 36.0 Å². The third kappa shape index (κ3) is 6.32. The van der Waals surface area contributed by atoms with Crippen LogP contribution in [0.2, 0.25) is 10.0 Å². The third-order valence-electron chi connectivity index (χ3n) is 7.40. The number of hydrogen-bond acceptors (Lipinski definition) is 7. The number of imidazole rings is 1. The number of alkyl halides is 3. The first-order chi connectivity index (χ1) is 21.0. The topological polar surface area (TPSA) is 157 Å². The van der Waals surface area contributed by atoms with E-state index in [0.29, 0.717) is 12.0 Å². The Morgan fingerprint density at radius 3 is 2.40 bits per heavy atom. The van der Waals surface area contributed by atoms with Crippen LogP contribution in [0.4, 0.5) is 24.8 Å². The molecule has 2 atom stereocenters. The van der Waals surface area contributed by atoms with Crippen LogP contribution in [0.25, 0.3) is 0 Å². The van der Waals surface area contributed by atoms with Crippen molar-refractivity contribution in [3.05, 3.63) is 64.3 Å². The lowest BCUT2D eigenvalue weighted by molar-refractivity contribution is -0.274. The number of carbonyl (C=O) groups excluding carboxylic acids is 3. The van der Waals surface area contributed by atoms with Gasteiger partial charge < -0.3 is 15.8 Å². The molecule has 2 unspecified atom stereocenters. The van der Waals surface area contributed by atoms with Crippen molar-refractivity contribution in [2.24, 2.45) is 5.73 Å². The molecule has 1 aromatic heterocycles. The normalized spacial score (nSPS) is 20.4. The van der Waals surface area contributed by atoms with Crippen LogP contribution in [0.1, 0.15) is 25.3 Å². The third-order valence-corrected chi connectivity index (χ3v) is 9.70. The minimum absolute atomic E-state index is 0.0313. The molecule has 1 fully saturated rings. The van der Waals surface area contributed by atoms with Gasteiger partial charge in [-0.25, -0.2) is 18.3 Å². The molecular weight excluding hydrogens is 664 g/mol. The first-order valence-electron chi connectivity index (χ1n) is 13.3. The number of fused-ring (bicyclic) bond motifs is 1. The molecule has 3 amide bonds. The molecule has 0 radical (unpaired) electrons. The lowest BCUT2D eigenvalue weighted by Gasteiger charge is -2.29. The molecule has 12 nitrogen and oxygen atoms in total. The Labute approximate surface area is 264 Å². The minimum atomic E-state index is -4.91. The van der Waals surface area contributed by atoms with Gasteiger partial charge in [-0.3, -0.25) is 19.0 Å². The fourth-order valence-corrected chi connectivity index (χ4v) is 7.88. The maximum Gasteiger partial charge on any atom is 0.573 e. The van der Waals surface area contributed by atoms with Gasteiger partial charge in [0.2, 0.25) is 17.8 Å². The SMILES string of the molecule is CC1(Cc2ccc(OC(F)(F)F)cc2)C(=O)N(c2cc(Cl)cc(Cl)c2)c2ncc(S(=O)(=O)N3CCCC3C(=O)NCC(N)=O)n21. The quantitative estimate of drug-likeness (QED) is 0.349. The van der Waals surface area contributed by atoms with Gasteiger partial charge in [-0.1, -0.05) is 35.3 Å². The van der Waals surface area contributed by atoms with Crippen molar-refractivity contribution in [1.29, 1.82) is 0 Å². The Morgan fingerprint density at radius 2 is 1.80 bits per heavy atom. The highest BCUT2D eigenvalue weighted by Gasteiger charge is 2.53. The van der Waals surface area contributed by atoms with Crippen molar-refractivity contribution in [1.82, 2.24) is 19.2 Å². The number of halogens is 5. The second-order valence-electron chi connectivity index (χ2n) is 10.6. The van der Waals surface area contributed by atoms with Crippen LogP contribution in [-0.2, 0) is 36.4 Å². The molecule has 5 rings (SSSR count). The maximum absolute atomic E-state index is 14.2. The van der Waals surface area contributed by atoms with Crippen LogP contribution in [0.15, 0.2) is 53.7 Å². The zero-order chi connectivity index (χ0) is 32.9. The van der Waals surface area contributed by atoms with Crippen molar-refractivity contribution >= 4 is 62.6 Å². The molecule has 0 saturated carbocycles. The molecular formula is C27H25Cl2F3N6O6S. The summed E-state index contributed by atoms with van der Waals surface area (Å²) in [4.78, 5) is 43.7. The highest BCUT2D eigenvalue weighted by atomic mass is 35.5. The second kappa shape index (κ2) is 11.8. The summed E-state index contributed by atoms with van der Waals surface area (Å²) < 4.78 is 72.6. The first kappa shape index (κ1) is 32.5. The lowest BCUT2D eigenvalue weighted by atomic mass is 9.92. The van der Waals surface area contributed by atoms with Gasteiger partial charge in [0.05, 0.1) is 18.4 Å². The highest BCUT2D eigenvalue weighted by Crippen LogP contribution is 2.45. The number of nitrogens with two attached hydrogens (primary N) is 1. The van der Waals surface area contributed by atoms with E-state index < -0.39 is 63.0 Å². The molecule has 3 aromatic rings. The number of aromatic nitrogens is 2. The molecule has 2 aliphatic rings. The Balaban J connectivity index is 1.59. The second-order valence-corrected chi connectivity index (χ2v) is 13.3.